The molecule has 8 heteroatoms. The number of rotatable bonds is 18. The fourth-order valence-corrected chi connectivity index (χ4v) is 5.47. The summed E-state index contributed by atoms with van der Waals surface area (Å²) in [5.41, 5.74) is 0. The van der Waals surface area contributed by atoms with Crippen molar-refractivity contribution < 1.29 is 28.4 Å². The Morgan fingerprint density at radius 3 is 0.795 bits per heavy atom. The molecule has 0 aromatic heterocycles. The van der Waals surface area contributed by atoms with Gasteiger partial charge in [0.1, 0.15) is 0 Å². The fourth-order valence-electron chi connectivity index (χ4n) is 5.47. The quantitative estimate of drug-likeness (QED) is 0.150. The van der Waals surface area contributed by atoms with Crippen LogP contribution in [0.5, 0.6) is 0 Å². The maximum Gasteiger partial charge on any atom is 0.0701 e. The lowest BCUT2D eigenvalue weighted by molar-refractivity contribution is -0.00598. The smallest absolute Gasteiger partial charge is 0.0701 e. The van der Waals surface area contributed by atoms with Crippen LogP contribution in [-0.4, -0.2) is 128 Å². The Hall–Kier alpha value is -0.320. The molecule has 0 spiro atoms. The van der Waals surface area contributed by atoms with E-state index in [1.807, 2.05) is 0 Å². The lowest BCUT2D eigenvalue weighted by Crippen LogP contribution is -2.33. The summed E-state index contributed by atoms with van der Waals surface area (Å²) in [4.78, 5) is 4.97. The Kier molecular flexibility index (Phi) is 33.7. The minimum absolute atomic E-state index is 0.617. The largest absolute Gasteiger partial charge is 0.378 e. The topological polar surface area (TPSA) is 61.9 Å². The average molecular weight is 631 g/mol. The lowest BCUT2D eigenvalue weighted by Gasteiger charge is -2.23. The van der Waals surface area contributed by atoms with Crippen molar-refractivity contribution in [1.82, 2.24) is 9.80 Å². The van der Waals surface area contributed by atoms with E-state index in [0.29, 0.717) is 52.9 Å². The van der Waals surface area contributed by atoms with Crippen LogP contribution >= 0.6 is 0 Å². The third kappa shape index (κ3) is 30.3. The molecule has 0 aromatic rings. The van der Waals surface area contributed by atoms with Crippen LogP contribution in [0.3, 0.4) is 0 Å². The summed E-state index contributed by atoms with van der Waals surface area (Å²) in [5.74, 6) is 0. The number of hydrogen-bond donors (Lipinski definition) is 0. The lowest BCUT2D eigenvalue weighted by atomic mass is 10.1. The molecule has 0 radical (unpaired) electrons. The van der Waals surface area contributed by atoms with E-state index in [2.05, 4.69) is 23.6 Å². The minimum Gasteiger partial charge on any atom is -0.378 e. The van der Waals surface area contributed by atoms with Gasteiger partial charge in [-0.25, -0.2) is 0 Å². The molecule has 0 unspecified atom stereocenters. The second kappa shape index (κ2) is 35.5. The van der Waals surface area contributed by atoms with E-state index < -0.39 is 0 Å². The molecular formula is C36H74N2O6. The van der Waals surface area contributed by atoms with Gasteiger partial charge in [0.15, 0.2) is 0 Å². The van der Waals surface area contributed by atoms with Crippen molar-refractivity contribution in [3.05, 3.63) is 0 Å². The highest BCUT2D eigenvalue weighted by molar-refractivity contribution is 4.60. The van der Waals surface area contributed by atoms with Gasteiger partial charge < -0.3 is 28.4 Å². The van der Waals surface area contributed by atoms with E-state index in [1.54, 1.807) is 0 Å². The van der Waals surface area contributed by atoms with E-state index in [-0.39, 0.29) is 0 Å². The zero-order valence-corrected chi connectivity index (χ0v) is 29.4. The predicted molar refractivity (Wildman–Crippen MR) is 183 cm³/mol. The molecule has 0 amide bonds. The first-order valence-corrected chi connectivity index (χ1v) is 18.8. The Labute approximate surface area is 273 Å². The van der Waals surface area contributed by atoms with Gasteiger partial charge in [-0.2, -0.15) is 0 Å². The predicted octanol–water partition coefficient (Wildman–Crippen LogP) is 6.99. The van der Waals surface area contributed by atoms with Gasteiger partial charge in [0.25, 0.3) is 0 Å². The monoisotopic (exact) mass is 631 g/mol. The molecule has 1 aliphatic rings. The van der Waals surface area contributed by atoms with Gasteiger partial charge in [-0.15, -0.1) is 0 Å². The molecule has 0 N–H and O–H groups in total. The van der Waals surface area contributed by atoms with E-state index in [1.165, 1.54) is 103 Å². The number of ether oxygens (including phenoxy) is 6. The van der Waals surface area contributed by atoms with Crippen LogP contribution in [0.15, 0.2) is 0 Å². The Bertz CT molecular complexity index is 475. The molecule has 0 saturated carbocycles. The highest BCUT2D eigenvalue weighted by Crippen LogP contribution is 2.10. The molecule has 0 aliphatic carbocycles. The van der Waals surface area contributed by atoms with Crippen LogP contribution in [0.1, 0.15) is 117 Å². The van der Waals surface area contributed by atoms with Crippen molar-refractivity contribution in [2.24, 2.45) is 0 Å². The zero-order valence-electron chi connectivity index (χ0n) is 29.4. The van der Waals surface area contributed by atoms with Crippen molar-refractivity contribution in [1.29, 1.82) is 0 Å². The SMILES string of the molecule is CCCCCCCCCCN1CCOCCOCCOCCN(CCCCCCCCCC)CCOCCOCCOCC1. The summed E-state index contributed by atoms with van der Waals surface area (Å²) in [5, 5.41) is 0. The van der Waals surface area contributed by atoms with Gasteiger partial charge in [0.05, 0.1) is 79.3 Å². The van der Waals surface area contributed by atoms with Gasteiger partial charge in [-0.1, -0.05) is 104 Å². The van der Waals surface area contributed by atoms with Crippen molar-refractivity contribution in [2.75, 3.05) is 119 Å². The van der Waals surface area contributed by atoms with E-state index in [9.17, 15) is 0 Å². The maximum absolute atomic E-state index is 5.89. The van der Waals surface area contributed by atoms with Gasteiger partial charge in [-0.05, 0) is 25.9 Å². The molecule has 1 rings (SSSR count). The van der Waals surface area contributed by atoms with E-state index in [0.717, 1.165) is 65.7 Å². The van der Waals surface area contributed by atoms with Gasteiger partial charge in [0.2, 0.25) is 0 Å². The summed E-state index contributed by atoms with van der Waals surface area (Å²) in [6.45, 7) is 18.4. The first-order chi connectivity index (χ1) is 21.9. The second-order valence-corrected chi connectivity index (χ2v) is 12.3. The van der Waals surface area contributed by atoms with Crippen LogP contribution < -0.4 is 0 Å². The fraction of sp³-hybridized carbons (Fsp3) is 1.00. The third-order valence-corrected chi connectivity index (χ3v) is 8.35. The summed E-state index contributed by atoms with van der Waals surface area (Å²) in [6, 6.07) is 0. The van der Waals surface area contributed by atoms with Gasteiger partial charge >= 0.3 is 0 Å². The van der Waals surface area contributed by atoms with Crippen LogP contribution in [-0.2, 0) is 28.4 Å². The first-order valence-electron chi connectivity index (χ1n) is 18.8. The molecule has 8 nitrogen and oxygen atoms in total. The van der Waals surface area contributed by atoms with Crippen LogP contribution in [0.2, 0.25) is 0 Å². The number of nitrogens with zero attached hydrogens (tertiary/aromatic N) is 2. The normalized spacial score (nSPS) is 19.5. The number of unbranched alkanes of at least 4 members (excludes halogenated alkanes) is 14. The molecule has 1 heterocycles. The summed E-state index contributed by atoms with van der Waals surface area (Å²) < 4.78 is 35.1. The second-order valence-electron chi connectivity index (χ2n) is 12.3. The van der Waals surface area contributed by atoms with Gasteiger partial charge in [-0.3, -0.25) is 9.80 Å². The molecule has 0 aromatic carbocycles. The highest BCUT2D eigenvalue weighted by Gasteiger charge is 2.07. The summed E-state index contributed by atoms with van der Waals surface area (Å²) >= 11 is 0. The van der Waals surface area contributed by atoms with Crippen LogP contribution in [0.4, 0.5) is 0 Å². The molecule has 1 saturated heterocycles. The van der Waals surface area contributed by atoms with E-state index >= 15 is 0 Å². The Morgan fingerprint density at radius 1 is 0.295 bits per heavy atom. The Balaban J connectivity index is 2.28. The van der Waals surface area contributed by atoms with Crippen LogP contribution in [0.25, 0.3) is 0 Å². The van der Waals surface area contributed by atoms with Crippen molar-refractivity contribution >= 4 is 0 Å². The molecule has 1 aliphatic heterocycles. The van der Waals surface area contributed by atoms with Gasteiger partial charge in [0, 0.05) is 26.2 Å². The van der Waals surface area contributed by atoms with E-state index in [4.69, 9.17) is 28.4 Å². The molecule has 44 heavy (non-hydrogen) atoms. The standard InChI is InChI=1S/C36H74N2O6/c1-3-5-7-9-11-13-15-17-19-37-21-25-39-29-33-43-35-31-41-27-23-38(20-18-16-14-12-10-8-6-4-2)24-28-42-32-36-44-34-30-40-26-22-37/h3-36H2,1-2H3. The molecule has 1 fully saturated rings. The van der Waals surface area contributed by atoms with Crippen molar-refractivity contribution in [2.45, 2.75) is 117 Å². The number of hydrogen-bond acceptors (Lipinski definition) is 8. The molecular weight excluding hydrogens is 556 g/mol. The van der Waals surface area contributed by atoms with Crippen LogP contribution in [0, 0.1) is 0 Å². The third-order valence-electron chi connectivity index (χ3n) is 8.35. The average Bonchev–Trinajstić information content (AvgIpc) is 3.03. The summed E-state index contributed by atoms with van der Waals surface area (Å²) in [6.07, 6.45) is 21.5. The molecule has 0 bridgehead atoms. The zero-order chi connectivity index (χ0) is 31.4. The Morgan fingerprint density at radius 2 is 0.523 bits per heavy atom. The maximum atomic E-state index is 5.89. The van der Waals surface area contributed by atoms with Crippen molar-refractivity contribution in [3.63, 3.8) is 0 Å². The first kappa shape index (κ1) is 41.7. The van der Waals surface area contributed by atoms with Crippen molar-refractivity contribution in [3.8, 4) is 0 Å². The molecule has 264 valence electrons. The highest BCUT2D eigenvalue weighted by atomic mass is 16.5. The minimum atomic E-state index is 0.617. The molecule has 0 atom stereocenters. The summed E-state index contributed by atoms with van der Waals surface area (Å²) in [7, 11) is 0.